The van der Waals surface area contributed by atoms with Crippen LogP contribution in [0.5, 0.6) is 0 Å². The number of halogens is 1. The molecule has 0 aliphatic carbocycles. The molecular weight excluding hydrogens is 499 g/mol. The van der Waals surface area contributed by atoms with Crippen molar-refractivity contribution in [3.8, 4) is 0 Å². The Kier molecular flexibility index (Phi) is 7.36. The second-order valence-corrected chi connectivity index (χ2v) is 10.7. The lowest BCUT2D eigenvalue weighted by molar-refractivity contribution is 0.0240. The Morgan fingerprint density at radius 2 is 1.74 bits per heavy atom. The molecule has 0 unspecified atom stereocenters. The molecule has 1 aromatic carbocycles. The third-order valence-corrected chi connectivity index (χ3v) is 6.83. The maximum absolute atomic E-state index is 14.4. The maximum atomic E-state index is 14.4. The SMILES string of the molecule is CC(C)(C)OC(=O)N1CCN(c2ccncc2NC(=O)c2cccc(N3CCc4cccc(F)c4C3)n2)CC1. The molecule has 2 aromatic heterocycles. The van der Waals surface area contributed by atoms with Crippen molar-refractivity contribution in [3.05, 3.63) is 77.5 Å². The summed E-state index contributed by atoms with van der Waals surface area (Å²) in [5.74, 6) is 0.0467. The number of hydrogen-bond donors (Lipinski definition) is 1. The number of anilines is 3. The molecular formula is C29H33FN6O3. The molecule has 204 valence electrons. The topological polar surface area (TPSA) is 90.9 Å². The summed E-state index contributed by atoms with van der Waals surface area (Å²) < 4.78 is 19.9. The minimum atomic E-state index is -0.545. The predicted octanol–water partition coefficient (Wildman–Crippen LogP) is 4.49. The van der Waals surface area contributed by atoms with Crippen LogP contribution in [0.1, 0.15) is 42.4 Å². The second-order valence-electron chi connectivity index (χ2n) is 10.7. The highest BCUT2D eigenvalue weighted by molar-refractivity contribution is 6.04. The Hall–Kier alpha value is -4.21. The van der Waals surface area contributed by atoms with Gasteiger partial charge in [-0.05, 0) is 57.0 Å². The number of aromatic nitrogens is 2. The number of amides is 2. The fraction of sp³-hybridized carbons (Fsp3) is 0.379. The molecule has 4 heterocycles. The third kappa shape index (κ3) is 6.10. The molecule has 0 radical (unpaired) electrons. The molecule has 39 heavy (non-hydrogen) atoms. The van der Waals surface area contributed by atoms with E-state index in [1.165, 1.54) is 6.07 Å². The Morgan fingerprint density at radius 1 is 0.974 bits per heavy atom. The molecule has 1 fully saturated rings. The van der Waals surface area contributed by atoms with Crippen molar-refractivity contribution in [1.29, 1.82) is 0 Å². The highest BCUT2D eigenvalue weighted by Gasteiger charge is 2.27. The molecule has 2 aliphatic rings. The number of ether oxygens (including phenoxy) is 1. The first-order valence-electron chi connectivity index (χ1n) is 13.1. The van der Waals surface area contributed by atoms with Crippen LogP contribution >= 0.6 is 0 Å². The van der Waals surface area contributed by atoms with Crippen LogP contribution in [-0.4, -0.2) is 65.2 Å². The third-order valence-electron chi connectivity index (χ3n) is 6.83. The summed E-state index contributed by atoms with van der Waals surface area (Å²) in [4.78, 5) is 40.3. The zero-order chi connectivity index (χ0) is 27.6. The van der Waals surface area contributed by atoms with Crippen LogP contribution in [0, 0.1) is 5.82 Å². The summed E-state index contributed by atoms with van der Waals surface area (Å²) in [6.45, 7) is 8.84. The standard InChI is InChI=1S/C29H33FN6O3/c1-29(2,3)39-28(38)35-16-14-34(15-17-35)25-10-12-31-18-24(25)33-27(37)23-8-5-9-26(32-23)36-13-11-20-6-4-7-22(30)21(20)19-36/h4-10,12,18H,11,13-17,19H2,1-3H3,(H,33,37). The van der Waals surface area contributed by atoms with Crippen molar-refractivity contribution < 1.29 is 18.7 Å². The molecule has 1 N–H and O–H groups in total. The highest BCUT2D eigenvalue weighted by atomic mass is 19.1. The molecule has 1 saturated heterocycles. The number of piperazine rings is 1. The first-order valence-corrected chi connectivity index (χ1v) is 13.1. The largest absolute Gasteiger partial charge is 0.444 e. The van der Waals surface area contributed by atoms with Crippen molar-refractivity contribution >= 4 is 29.2 Å². The van der Waals surface area contributed by atoms with Gasteiger partial charge in [-0.2, -0.15) is 0 Å². The minimum absolute atomic E-state index is 0.220. The van der Waals surface area contributed by atoms with Gasteiger partial charge in [-0.25, -0.2) is 14.2 Å². The van der Waals surface area contributed by atoms with Gasteiger partial charge in [-0.3, -0.25) is 9.78 Å². The number of nitrogens with one attached hydrogen (secondary N) is 1. The molecule has 2 aliphatic heterocycles. The first kappa shape index (κ1) is 26.4. The van der Waals surface area contributed by atoms with Crippen LogP contribution in [-0.2, 0) is 17.7 Å². The number of fused-ring (bicyclic) bond motifs is 1. The zero-order valence-electron chi connectivity index (χ0n) is 22.5. The van der Waals surface area contributed by atoms with Crippen molar-refractivity contribution in [2.24, 2.45) is 0 Å². The Balaban J connectivity index is 1.26. The van der Waals surface area contributed by atoms with Crippen LogP contribution in [0.4, 0.5) is 26.4 Å². The van der Waals surface area contributed by atoms with E-state index in [-0.39, 0.29) is 23.5 Å². The van der Waals surface area contributed by atoms with Crippen LogP contribution in [0.25, 0.3) is 0 Å². The van der Waals surface area contributed by atoms with Crippen molar-refractivity contribution in [1.82, 2.24) is 14.9 Å². The van der Waals surface area contributed by atoms with E-state index in [1.54, 1.807) is 35.5 Å². The summed E-state index contributed by atoms with van der Waals surface area (Å²) in [5, 5.41) is 2.95. The predicted molar refractivity (Wildman–Crippen MR) is 148 cm³/mol. The van der Waals surface area contributed by atoms with Crippen LogP contribution in [0.2, 0.25) is 0 Å². The van der Waals surface area contributed by atoms with E-state index in [4.69, 9.17) is 4.74 Å². The highest BCUT2D eigenvalue weighted by Crippen LogP contribution is 2.28. The van der Waals surface area contributed by atoms with E-state index in [2.05, 4.69) is 20.2 Å². The lowest BCUT2D eigenvalue weighted by Crippen LogP contribution is -2.50. The lowest BCUT2D eigenvalue weighted by atomic mass is 9.99. The Bertz CT molecular complexity index is 1370. The molecule has 0 saturated carbocycles. The van der Waals surface area contributed by atoms with E-state index in [0.717, 1.165) is 11.3 Å². The van der Waals surface area contributed by atoms with E-state index in [0.29, 0.717) is 62.8 Å². The smallest absolute Gasteiger partial charge is 0.410 e. The van der Waals surface area contributed by atoms with Crippen molar-refractivity contribution in [2.75, 3.05) is 47.8 Å². The van der Waals surface area contributed by atoms with Gasteiger partial charge in [0.15, 0.2) is 0 Å². The van der Waals surface area contributed by atoms with Gasteiger partial charge in [0, 0.05) is 51.0 Å². The van der Waals surface area contributed by atoms with E-state index < -0.39 is 5.60 Å². The number of nitrogens with zero attached hydrogens (tertiary/aromatic N) is 5. The summed E-state index contributed by atoms with van der Waals surface area (Å²) in [6, 6.07) is 12.3. The number of carbonyl (C=O) groups excluding carboxylic acids is 2. The summed E-state index contributed by atoms with van der Waals surface area (Å²) in [7, 11) is 0. The van der Waals surface area contributed by atoms with E-state index >= 15 is 0 Å². The molecule has 0 atom stereocenters. The van der Waals surface area contributed by atoms with Gasteiger partial charge in [0.25, 0.3) is 5.91 Å². The van der Waals surface area contributed by atoms with Crippen LogP contribution < -0.4 is 15.1 Å². The lowest BCUT2D eigenvalue weighted by Gasteiger charge is -2.37. The fourth-order valence-corrected chi connectivity index (χ4v) is 4.86. The molecule has 2 amide bonds. The molecule has 0 bridgehead atoms. The van der Waals surface area contributed by atoms with Crippen molar-refractivity contribution in [2.45, 2.75) is 39.3 Å². The number of pyridine rings is 2. The number of rotatable bonds is 4. The quantitative estimate of drug-likeness (QED) is 0.530. The first-order chi connectivity index (χ1) is 18.7. The van der Waals surface area contributed by atoms with E-state index in [1.807, 2.05) is 43.9 Å². The van der Waals surface area contributed by atoms with E-state index in [9.17, 15) is 14.0 Å². The van der Waals surface area contributed by atoms with Crippen LogP contribution in [0.3, 0.4) is 0 Å². The zero-order valence-corrected chi connectivity index (χ0v) is 22.5. The maximum Gasteiger partial charge on any atom is 0.410 e. The Labute approximate surface area is 227 Å². The fourth-order valence-electron chi connectivity index (χ4n) is 4.86. The minimum Gasteiger partial charge on any atom is -0.444 e. The normalized spacial score (nSPS) is 15.5. The Morgan fingerprint density at radius 3 is 2.51 bits per heavy atom. The summed E-state index contributed by atoms with van der Waals surface area (Å²) in [5.41, 5.74) is 2.78. The van der Waals surface area contributed by atoms with Gasteiger partial charge in [-0.15, -0.1) is 0 Å². The molecule has 10 heteroatoms. The average molecular weight is 533 g/mol. The van der Waals surface area contributed by atoms with Crippen molar-refractivity contribution in [3.63, 3.8) is 0 Å². The van der Waals surface area contributed by atoms with Gasteiger partial charge >= 0.3 is 6.09 Å². The summed E-state index contributed by atoms with van der Waals surface area (Å²) in [6.07, 6.45) is 3.68. The monoisotopic (exact) mass is 532 g/mol. The molecule has 5 rings (SSSR count). The van der Waals surface area contributed by atoms with Gasteiger partial charge in [0.05, 0.1) is 17.6 Å². The number of hydrogen-bond acceptors (Lipinski definition) is 7. The van der Waals surface area contributed by atoms with Crippen LogP contribution in [0.15, 0.2) is 54.9 Å². The molecule has 3 aromatic rings. The van der Waals surface area contributed by atoms with Gasteiger partial charge in [0.1, 0.15) is 22.9 Å². The van der Waals surface area contributed by atoms with Gasteiger partial charge in [0.2, 0.25) is 0 Å². The number of benzene rings is 1. The second kappa shape index (κ2) is 10.9. The number of carbonyl (C=O) groups is 2. The molecule has 0 spiro atoms. The summed E-state index contributed by atoms with van der Waals surface area (Å²) >= 11 is 0. The van der Waals surface area contributed by atoms with Gasteiger partial charge < -0.3 is 24.8 Å². The van der Waals surface area contributed by atoms with Gasteiger partial charge in [-0.1, -0.05) is 18.2 Å². The average Bonchev–Trinajstić information content (AvgIpc) is 2.93. The molecule has 9 nitrogen and oxygen atoms in total.